The molecule has 20 heavy (non-hydrogen) atoms. The minimum absolute atomic E-state index is 0.338. The van der Waals surface area contributed by atoms with Gasteiger partial charge in [0.1, 0.15) is 11.5 Å². The van der Waals surface area contributed by atoms with Crippen molar-refractivity contribution < 1.29 is 9.84 Å². The van der Waals surface area contributed by atoms with E-state index in [0.717, 1.165) is 29.7 Å². The lowest BCUT2D eigenvalue weighted by molar-refractivity contribution is 0.275. The number of aromatic hydroxyl groups is 1. The van der Waals surface area contributed by atoms with Crippen molar-refractivity contribution in [2.75, 3.05) is 13.7 Å². The zero-order valence-electron chi connectivity index (χ0n) is 12.7. The summed E-state index contributed by atoms with van der Waals surface area (Å²) in [6.45, 7) is 4.09. The van der Waals surface area contributed by atoms with Gasteiger partial charge in [-0.1, -0.05) is 32.6 Å². The molecule has 1 saturated carbocycles. The van der Waals surface area contributed by atoms with Crippen LogP contribution in [-0.4, -0.2) is 18.8 Å². The Balaban J connectivity index is 1.70. The molecule has 0 spiro atoms. The van der Waals surface area contributed by atoms with Gasteiger partial charge in [0.05, 0.1) is 7.11 Å². The van der Waals surface area contributed by atoms with Crippen molar-refractivity contribution in [2.24, 2.45) is 11.8 Å². The molecule has 2 rings (SSSR count). The molecule has 0 radical (unpaired) electrons. The number of ether oxygens (including phenoxy) is 1. The molecule has 0 atom stereocenters. The molecule has 1 aromatic carbocycles. The van der Waals surface area contributed by atoms with E-state index in [0.29, 0.717) is 12.3 Å². The fourth-order valence-electron chi connectivity index (χ4n) is 2.98. The zero-order chi connectivity index (χ0) is 14.4. The maximum Gasteiger partial charge on any atom is 0.120 e. The normalized spacial score (nSPS) is 22.7. The topological polar surface area (TPSA) is 41.5 Å². The summed E-state index contributed by atoms with van der Waals surface area (Å²) < 4.78 is 5.18. The lowest BCUT2D eigenvalue weighted by Crippen LogP contribution is -2.20. The quantitative estimate of drug-likeness (QED) is 0.779. The van der Waals surface area contributed by atoms with E-state index in [9.17, 15) is 5.11 Å². The number of phenolic OH excluding ortho intramolecular Hbond substituents is 1. The van der Waals surface area contributed by atoms with Gasteiger partial charge in [0.2, 0.25) is 0 Å². The second-order valence-corrected chi connectivity index (χ2v) is 6.09. The number of methoxy groups -OCH3 is 1. The van der Waals surface area contributed by atoms with Gasteiger partial charge in [-0.15, -0.1) is 0 Å². The Morgan fingerprint density at radius 2 is 2.00 bits per heavy atom. The minimum atomic E-state index is 0.338. The molecule has 0 amide bonds. The van der Waals surface area contributed by atoms with Crippen LogP contribution >= 0.6 is 0 Å². The molecular formula is C17H27NO2. The van der Waals surface area contributed by atoms with Crippen molar-refractivity contribution in [1.82, 2.24) is 5.32 Å². The molecule has 112 valence electrons. The molecule has 0 heterocycles. The predicted octanol–water partition coefficient (Wildman–Crippen LogP) is 3.71. The van der Waals surface area contributed by atoms with Gasteiger partial charge in [0.15, 0.2) is 0 Å². The van der Waals surface area contributed by atoms with E-state index >= 15 is 0 Å². The minimum Gasteiger partial charge on any atom is -0.508 e. The number of hydrogen-bond donors (Lipinski definition) is 2. The van der Waals surface area contributed by atoms with Gasteiger partial charge in [-0.2, -0.15) is 0 Å². The summed E-state index contributed by atoms with van der Waals surface area (Å²) in [6, 6.07) is 5.37. The summed E-state index contributed by atoms with van der Waals surface area (Å²) in [5.74, 6) is 2.94. The van der Waals surface area contributed by atoms with Crippen LogP contribution in [0.25, 0.3) is 0 Å². The number of nitrogens with one attached hydrogen (secondary N) is 1. The molecule has 0 aliphatic heterocycles. The molecule has 0 bridgehead atoms. The molecule has 3 nitrogen and oxygen atoms in total. The molecule has 0 saturated heterocycles. The van der Waals surface area contributed by atoms with Gasteiger partial charge in [0.25, 0.3) is 0 Å². The monoisotopic (exact) mass is 277 g/mol. The highest BCUT2D eigenvalue weighted by Gasteiger charge is 2.17. The predicted molar refractivity (Wildman–Crippen MR) is 82.1 cm³/mol. The second-order valence-electron chi connectivity index (χ2n) is 6.09. The van der Waals surface area contributed by atoms with Gasteiger partial charge in [0, 0.05) is 12.1 Å². The van der Waals surface area contributed by atoms with Gasteiger partial charge in [-0.25, -0.2) is 0 Å². The van der Waals surface area contributed by atoms with Gasteiger partial charge < -0.3 is 15.2 Å². The molecule has 1 fully saturated rings. The Hall–Kier alpha value is -1.22. The average molecular weight is 277 g/mol. The first kappa shape index (κ1) is 15.2. The summed E-state index contributed by atoms with van der Waals surface area (Å²) in [6.07, 6.45) is 6.79. The third-order valence-corrected chi connectivity index (χ3v) is 4.47. The third kappa shape index (κ3) is 4.41. The summed E-state index contributed by atoms with van der Waals surface area (Å²) >= 11 is 0. The standard InChI is InChI=1S/C17H27NO2/c1-13-3-5-14(6-4-13)9-10-18-12-15-11-16(20-2)7-8-17(15)19/h7-8,11,13-14,18-19H,3-6,9-10,12H2,1-2H3. The zero-order valence-corrected chi connectivity index (χ0v) is 12.7. The van der Waals surface area contributed by atoms with E-state index in [-0.39, 0.29) is 0 Å². The van der Waals surface area contributed by atoms with E-state index in [4.69, 9.17) is 4.74 Å². The molecule has 0 aromatic heterocycles. The highest BCUT2D eigenvalue weighted by molar-refractivity contribution is 5.39. The Morgan fingerprint density at radius 3 is 2.70 bits per heavy atom. The summed E-state index contributed by atoms with van der Waals surface area (Å²) in [5.41, 5.74) is 0.904. The van der Waals surface area contributed by atoms with Crippen LogP contribution in [0.15, 0.2) is 18.2 Å². The van der Waals surface area contributed by atoms with Crippen LogP contribution in [0.4, 0.5) is 0 Å². The average Bonchev–Trinajstić information content (AvgIpc) is 2.47. The first-order chi connectivity index (χ1) is 9.69. The van der Waals surface area contributed by atoms with Crippen LogP contribution < -0.4 is 10.1 Å². The van der Waals surface area contributed by atoms with Gasteiger partial charge >= 0.3 is 0 Å². The van der Waals surface area contributed by atoms with Crippen LogP contribution in [0.2, 0.25) is 0 Å². The lowest BCUT2D eigenvalue weighted by atomic mass is 9.81. The number of rotatable bonds is 6. The van der Waals surface area contributed by atoms with Crippen LogP contribution in [0.3, 0.4) is 0 Å². The second kappa shape index (κ2) is 7.53. The smallest absolute Gasteiger partial charge is 0.120 e. The van der Waals surface area contributed by atoms with Crippen molar-refractivity contribution in [1.29, 1.82) is 0 Å². The van der Waals surface area contributed by atoms with E-state index in [2.05, 4.69) is 12.2 Å². The Bertz CT molecular complexity index is 411. The van der Waals surface area contributed by atoms with E-state index in [1.165, 1.54) is 32.1 Å². The van der Waals surface area contributed by atoms with Crippen LogP contribution in [0.5, 0.6) is 11.5 Å². The number of hydrogen-bond acceptors (Lipinski definition) is 3. The summed E-state index contributed by atoms with van der Waals surface area (Å²) in [4.78, 5) is 0. The molecular weight excluding hydrogens is 250 g/mol. The first-order valence-electron chi connectivity index (χ1n) is 7.75. The lowest BCUT2D eigenvalue weighted by Gasteiger charge is -2.26. The highest BCUT2D eigenvalue weighted by atomic mass is 16.5. The number of phenols is 1. The SMILES string of the molecule is COc1ccc(O)c(CNCCC2CCC(C)CC2)c1. The van der Waals surface area contributed by atoms with Gasteiger partial charge in [-0.3, -0.25) is 0 Å². The van der Waals surface area contributed by atoms with Crippen molar-refractivity contribution in [2.45, 2.75) is 45.6 Å². The highest BCUT2D eigenvalue weighted by Crippen LogP contribution is 2.30. The maximum atomic E-state index is 9.81. The van der Waals surface area contributed by atoms with Crippen molar-refractivity contribution in [3.8, 4) is 11.5 Å². The van der Waals surface area contributed by atoms with Crippen molar-refractivity contribution in [3.63, 3.8) is 0 Å². The Kier molecular flexibility index (Phi) is 5.72. The van der Waals surface area contributed by atoms with Crippen molar-refractivity contribution in [3.05, 3.63) is 23.8 Å². The third-order valence-electron chi connectivity index (χ3n) is 4.47. The summed E-state index contributed by atoms with van der Waals surface area (Å²) in [5, 5.41) is 13.2. The van der Waals surface area contributed by atoms with Crippen LogP contribution in [0.1, 0.15) is 44.6 Å². The van der Waals surface area contributed by atoms with Gasteiger partial charge in [-0.05, 0) is 43.0 Å². The Labute approximate surface area is 122 Å². The molecule has 3 heteroatoms. The molecule has 2 N–H and O–H groups in total. The largest absolute Gasteiger partial charge is 0.508 e. The van der Waals surface area contributed by atoms with E-state index < -0.39 is 0 Å². The van der Waals surface area contributed by atoms with Crippen molar-refractivity contribution >= 4 is 0 Å². The fraction of sp³-hybridized carbons (Fsp3) is 0.647. The molecule has 1 aromatic rings. The van der Waals surface area contributed by atoms with E-state index in [1.807, 2.05) is 6.07 Å². The molecule has 1 aliphatic carbocycles. The summed E-state index contributed by atoms with van der Waals surface area (Å²) in [7, 11) is 1.65. The van der Waals surface area contributed by atoms with Crippen LogP contribution in [0, 0.1) is 11.8 Å². The fourth-order valence-corrected chi connectivity index (χ4v) is 2.98. The van der Waals surface area contributed by atoms with Crippen LogP contribution in [-0.2, 0) is 6.54 Å². The maximum absolute atomic E-state index is 9.81. The number of benzene rings is 1. The molecule has 0 unspecified atom stereocenters. The Morgan fingerprint density at radius 1 is 1.25 bits per heavy atom. The first-order valence-corrected chi connectivity index (χ1v) is 7.75. The molecule has 1 aliphatic rings. The van der Waals surface area contributed by atoms with E-state index in [1.54, 1.807) is 19.2 Å².